The van der Waals surface area contributed by atoms with E-state index >= 15 is 0 Å². The van der Waals surface area contributed by atoms with Crippen molar-refractivity contribution in [2.24, 2.45) is 5.92 Å². The first kappa shape index (κ1) is 21.9. The highest BCUT2D eigenvalue weighted by atomic mass is 35.5. The van der Waals surface area contributed by atoms with Crippen LogP contribution in [0.3, 0.4) is 0 Å². The first-order chi connectivity index (χ1) is 14.9. The first-order valence-electron chi connectivity index (χ1n) is 11.3. The Morgan fingerprint density at radius 3 is 2.32 bits per heavy atom. The number of rotatable bonds is 5. The van der Waals surface area contributed by atoms with Gasteiger partial charge in [-0.05, 0) is 62.1 Å². The highest BCUT2D eigenvalue weighted by Crippen LogP contribution is 2.34. The number of hydrogen-bond acceptors (Lipinski definition) is 2. The lowest BCUT2D eigenvalue weighted by Crippen LogP contribution is -2.59. The van der Waals surface area contributed by atoms with Gasteiger partial charge in [-0.1, -0.05) is 66.6 Å². The molecule has 1 atom stereocenters. The number of carbonyl (C=O) groups excluding carboxylic acids is 2. The molecule has 2 aromatic carbocycles. The molecular formula is C26H31ClN2O2. The Hall–Kier alpha value is -2.33. The maximum absolute atomic E-state index is 13.7. The van der Waals surface area contributed by atoms with Crippen LogP contribution in [0.4, 0.5) is 0 Å². The van der Waals surface area contributed by atoms with E-state index in [9.17, 15) is 9.59 Å². The van der Waals surface area contributed by atoms with Crippen molar-refractivity contribution < 1.29 is 9.59 Å². The van der Waals surface area contributed by atoms with E-state index in [1.807, 2.05) is 60.4 Å². The van der Waals surface area contributed by atoms with E-state index in [1.165, 1.54) is 0 Å². The molecule has 0 radical (unpaired) electrons. The van der Waals surface area contributed by atoms with Crippen molar-refractivity contribution >= 4 is 23.4 Å². The Balaban J connectivity index is 1.60. The summed E-state index contributed by atoms with van der Waals surface area (Å²) >= 11 is 6.34. The predicted octanol–water partition coefficient (Wildman–Crippen LogP) is 5.18. The number of benzene rings is 2. The minimum atomic E-state index is -0.566. The summed E-state index contributed by atoms with van der Waals surface area (Å²) in [6, 6.07) is 15.3. The monoisotopic (exact) mass is 438 g/mol. The molecule has 2 amide bonds. The van der Waals surface area contributed by atoms with Gasteiger partial charge < -0.3 is 9.80 Å². The molecule has 4 rings (SSSR count). The van der Waals surface area contributed by atoms with Gasteiger partial charge in [0.2, 0.25) is 5.91 Å². The van der Waals surface area contributed by atoms with Gasteiger partial charge in [0.25, 0.3) is 5.91 Å². The Labute approximate surface area is 190 Å². The summed E-state index contributed by atoms with van der Waals surface area (Å²) in [5, 5.41) is 0.697. The largest absolute Gasteiger partial charge is 0.328 e. The summed E-state index contributed by atoms with van der Waals surface area (Å²) in [5.41, 5.74) is 3.02. The summed E-state index contributed by atoms with van der Waals surface area (Å²) < 4.78 is 0. The standard InChI is InChI=1S/C26H31ClN2O2/c1-18-7-11-21(12-8-18)25-26(31)29(22-13-9-19(2)10-14-22)17-24(30)28(25)16-15-20-5-3-4-6-23(20)27/h3-8,11-12,19,22,25H,9-10,13-17H2,1-2H3. The zero-order valence-electron chi connectivity index (χ0n) is 18.4. The van der Waals surface area contributed by atoms with Crippen LogP contribution < -0.4 is 0 Å². The molecule has 2 aromatic rings. The fourth-order valence-electron chi connectivity index (χ4n) is 4.88. The molecule has 164 valence electrons. The maximum atomic E-state index is 13.7. The molecule has 1 saturated heterocycles. The predicted molar refractivity (Wildman–Crippen MR) is 124 cm³/mol. The van der Waals surface area contributed by atoms with E-state index in [0.29, 0.717) is 23.9 Å². The van der Waals surface area contributed by atoms with Crippen molar-refractivity contribution in [1.29, 1.82) is 0 Å². The Bertz CT molecular complexity index is 935. The molecule has 2 fully saturated rings. The second-order valence-corrected chi connectivity index (χ2v) is 9.53. The third-order valence-electron chi connectivity index (χ3n) is 6.85. The Morgan fingerprint density at radius 1 is 0.968 bits per heavy atom. The number of hydrogen-bond donors (Lipinski definition) is 0. The summed E-state index contributed by atoms with van der Waals surface area (Å²) in [6.07, 6.45) is 4.84. The molecule has 2 aliphatic rings. The second kappa shape index (κ2) is 9.44. The topological polar surface area (TPSA) is 40.6 Å². The van der Waals surface area contributed by atoms with E-state index in [-0.39, 0.29) is 24.4 Å². The lowest BCUT2D eigenvalue weighted by Gasteiger charge is -2.45. The number of nitrogens with zero attached hydrogens (tertiary/aromatic N) is 2. The highest BCUT2D eigenvalue weighted by molar-refractivity contribution is 6.31. The van der Waals surface area contributed by atoms with Crippen molar-refractivity contribution in [3.8, 4) is 0 Å². The number of amides is 2. The molecule has 0 bridgehead atoms. The van der Waals surface area contributed by atoms with Crippen molar-refractivity contribution in [2.45, 2.75) is 58.0 Å². The molecule has 1 heterocycles. The number of piperazine rings is 1. The van der Waals surface area contributed by atoms with Crippen molar-refractivity contribution in [1.82, 2.24) is 9.80 Å². The lowest BCUT2D eigenvalue weighted by molar-refractivity contribution is -0.159. The number of carbonyl (C=O) groups is 2. The number of aryl methyl sites for hydroxylation is 1. The molecule has 1 aliphatic carbocycles. The van der Waals surface area contributed by atoms with Crippen LogP contribution in [0.5, 0.6) is 0 Å². The van der Waals surface area contributed by atoms with Crippen LogP contribution in [0.15, 0.2) is 48.5 Å². The van der Waals surface area contributed by atoms with Crippen molar-refractivity contribution in [3.63, 3.8) is 0 Å². The molecule has 1 saturated carbocycles. The Kier molecular flexibility index (Phi) is 6.66. The second-order valence-electron chi connectivity index (χ2n) is 9.12. The van der Waals surface area contributed by atoms with E-state index < -0.39 is 6.04 Å². The minimum Gasteiger partial charge on any atom is -0.328 e. The van der Waals surface area contributed by atoms with E-state index in [1.54, 1.807) is 4.90 Å². The maximum Gasteiger partial charge on any atom is 0.250 e. The van der Waals surface area contributed by atoms with Crippen LogP contribution in [0.1, 0.15) is 55.3 Å². The van der Waals surface area contributed by atoms with E-state index in [0.717, 1.165) is 42.4 Å². The summed E-state index contributed by atoms with van der Waals surface area (Å²) in [7, 11) is 0. The highest BCUT2D eigenvalue weighted by Gasteiger charge is 2.43. The summed E-state index contributed by atoms with van der Waals surface area (Å²) in [4.78, 5) is 30.7. The zero-order valence-corrected chi connectivity index (χ0v) is 19.1. The zero-order chi connectivity index (χ0) is 22.0. The lowest BCUT2D eigenvalue weighted by atomic mass is 9.85. The molecular weight excluding hydrogens is 408 g/mol. The molecule has 0 N–H and O–H groups in total. The fraction of sp³-hybridized carbons (Fsp3) is 0.462. The van der Waals surface area contributed by atoms with Gasteiger partial charge in [-0.25, -0.2) is 0 Å². The van der Waals surface area contributed by atoms with Crippen LogP contribution in [-0.2, 0) is 16.0 Å². The van der Waals surface area contributed by atoms with E-state index in [4.69, 9.17) is 11.6 Å². The van der Waals surface area contributed by atoms with Gasteiger partial charge in [0.15, 0.2) is 0 Å². The molecule has 1 aliphatic heterocycles. The van der Waals surface area contributed by atoms with E-state index in [2.05, 4.69) is 6.92 Å². The summed E-state index contributed by atoms with van der Waals surface area (Å²) in [6.45, 7) is 4.96. The molecule has 4 nitrogen and oxygen atoms in total. The van der Waals surface area contributed by atoms with Gasteiger partial charge in [0, 0.05) is 17.6 Å². The van der Waals surface area contributed by atoms with Crippen LogP contribution in [0.2, 0.25) is 5.02 Å². The average molecular weight is 439 g/mol. The first-order valence-corrected chi connectivity index (χ1v) is 11.7. The number of halogens is 1. The third-order valence-corrected chi connectivity index (χ3v) is 7.22. The van der Waals surface area contributed by atoms with Gasteiger partial charge in [0.05, 0.1) is 0 Å². The average Bonchev–Trinajstić information content (AvgIpc) is 2.76. The summed E-state index contributed by atoms with van der Waals surface area (Å²) in [5.74, 6) is 0.782. The molecule has 0 spiro atoms. The minimum absolute atomic E-state index is 0.0239. The molecule has 31 heavy (non-hydrogen) atoms. The van der Waals surface area contributed by atoms with Crippen LogP contribution in [0, 0.1) is 12.8 Å². The van der Waals surface area contributed by atoms with Crippen LogP contribution >= 0.6 is 11.6 Å². The van der Waals surface area contributed by atoms with Gasteiger partial charge >= 0.3 is 0 Å². The van der Waals surface area contributed by atoms with Gasteiger partial charge in [-0.3, -0.25) is 9.59 Å². The van der Waals surface area contributed by atoms with Crippen LogP contribution in [0.25, 0.3) is 0 Å². The van der Waals surface area contributed by atoms with Gasteiger partial charge in [0.1, 0.15) is 12.6 Å². The van der Waals surface area contributed by atoms with Crippen molar-refractivity contribution in [2.75, 3.05) is 13.1 Å². The fourth-order valence-corrected chi connectivity index (χ4v) is 5.11. The normalized spacial score (nSPS) is 24.5. The van der Waals surface area contributed by atoms with Crippen LogP contribution in [-0.4, -0.2) is 40.7 Å². The molecule has 1 unspecified atom stereocenters. The van der Waals surface area contributed by atoms with Gasteiger partial charge in [-0.15, -0.1) is 0 Å². The Morgan fingerprint density at radius 2 is 1.65 bits per heavy atom. The third kappa shape index (κ3) is 4.79. The quantitative estimate of drug-likeness (QED) is 0.645. The molecule has 5 heteroatoms. The SMILES string of the molecule is Cc1ccc(C2C(=O)N(C3CCC(C)CC3)CC(=O)N2CCc2ccccc2Cl)cc1. The van der Waals surface area contributed by atoms with Gasteiger partial charge in [-0.2, -0.15) is 0 Å². The smallest absolute Gasteiger partial charge is 0.250 e. The molecule has 0 aromatic heterocycles. The van der Waals surface area contributed by atoms with Crippen molar-refractivity contribution in [3.05, 3.63) is 70.2 Å².